The quantitative estimate of drug-likeness (QED) is 0.819. The van der Waals surface area contributed by atoms with Gasteiger partial charge in [-0.3, -0.25) is 14.5 Å². The topological polar surface area (TPSA) is 40.6 Å². The van der Waals surface area contributed by atoms with Gasteiger partial charge in [-0.25, -0.2) is 0 Å². The van der Waals surface area contributed by atoms with Crippen LogP contribution in [0.4, 0.5) is 5.69 Å². The van der Waals surface area contributed by atoms with E-state index in [4.69, 9.17) is 0 Å². The Morgan fingerprint density at radius 1 is 0.870 bits per heavy atom. The standard InChI is InChI=1S/C19H18N2O2/c22-18-16-10-4-5-11-17(16)19(23)21(18)13-15-9-6-12-20(15)14-7-2-1-3-8-14/h1-5,7-8,10-11,15H,6,9,12-13H2. The molecule has 0 aromatic heterocycles. The molecule has 2 heterocycles. The molecule has 0 saturated carbocycles. The minimum atomic E-state index is -0.162. The Morgan fingerprint density at radius 3 is 2.13 bits per heavy atom. The van der Waals surface area contributed by atoms with Gasteiger partial charge in [0.1, 0.15) is 0 Å². The maximum Gasteiger partial charge on any atom is 0.261 e. The number of hydrogen-bond donors (Lipinski definition) is 0. The average Bonchev–Trinajstić information content (AvgIpc) is 3.15. The summed E-state index contributed by atoms with van der Waals surface area (Å²) in [4.78, 5) is 28.8. The zero-order valence-corrected chi connectivity index (χ0v) is 12.8. The highest BCUT2D eigenvalue weighted by Gasteiger charge is 2.38. The van der Waals surface area contributed by atoms with Crippen LogP contribution in [0, 0.1) is 0 Å². The molecule has 0 N–H and O–H groups in total. The molecule has 2 aliphatic heterocycles. The van der Waals surface area contributed by atoms with Gasteiger partial charge >= 0.3 is 0 Å². The lowest BCUT2D eigenvalue weighted by Crippen LogP contribution is -2.43. The number of hydrogen-bond acceptors (Lipinski definition) is 3. The van der Waals surface area contributed by atoms with E-state index in [-0.39, 0.29) is 17.9 Å². The summed E-state index contributed by atoms with van der Waals surface area (Å²) >= 11 is 0. The van der Waals surface area contributed by atoms with Gasteiger partial charge in [0.25, 0.3) is 11.8 Å². The van der Waals surface area contributed by atoms with Gasteiger partial charge < -0.3 is 4.90 Å². The maximum absolute atomic E-state index is 12.5. The third-order valence-electron chi connectivity index (χ3n) is 4.74. The second kappa shape index (κ2) is 5.54. The SMILES string of the molecule is O=C1c2ccccc2C(=O)N1CC1CCCN1c1ccccc1. The number of imide groups is 1. The van der Waals surface area contributed by atoms with Gasteiger partial charge in [-0.15, -0.1) is 0 Å². The van der Waals surface area contributed by atoms with Crippen LogP contribution in [0.2, 0.25) is 0 Å². The molecule has 1 unspecified atom stereocenters. The number of para-hydroxylation sites is 1. The number of amides is 2. The molecule has 1 saturated heterocycles. The molecule has 4 heteroatoms. The van der Waals surface area contributed by atoms with Crippen LogP contribution < -0.4 is 4.90 Å². The summed E-state index contributed by atoms with van der Waals surface area (Å²) in [7, 11) is 0. The number of rotatable bonds is 3. The van der Waals surface area contributed by atoms with Crippen molar-refractivity contribution in [2.24, 2.45) is 0 Å². The maximum atomic E-state index is 12.5. The van der Waals surface area contributed by atoms with Crippen molar-refractivity contribution in [3.63, 3.8) is 0 Å². The third-order valence-corrected chi connectivity index (χ3v) is 4.74. The molecule has 4 rings (SSSR count). The number of nitrogens with zero attached hydrogens (tertiary/aromatic N) is 2. The zero-order chi connectivity index (χ0) is 15.8. The summed E-state index contributed by atoms with van der Waals surface area (Å²) in [6.07, 6.45) is 2.09. The number of benzene rings is 2. The van der Waals surface area contributed by atoms with Gasteiger partial charge in [-0.05, 0) is 37.1 Å². The number of carbonyl (C=O) groups is 2. The Hall–Kier alpha value is -2.62. The molecule has 2 aromatic carbocycles. The van der Waals surface area contributed by atoms with Gasteiger partial charge in [0.2, 0.25) is 0 Å². The molecule has 23 heavy (non-hydrogen) atoms. The van der Waals surface area contributed by atoms with Crippen molar-refractivity contribution in [1.82, 2.24) is 4.90 Å². The van der Waals surface area contributed by atoms with E-state index in [2.05, 4.69) is 17.0 Å². The first-order valence-corrected chi connectivity index (χ1v) is 8.02. The van der Waals surface area contributed by atoms with Gasteiger partial charge in [-0.1, -0.05) is 30.3 Å². The highest BCUT2D eigenvalue weighted by molar-refractivity contribution is 6.21. The summed E-state index contributed by atoms with van der Waals surface area (Å²) in [5.74, 6) is -0.323. The molecule has 0 aliphatic carbocycles. The molecule has 4 nitrogen and oxygen atoms in total. The smallest absolute Gasteiger partial charge is 0.261 e. The van der Waals surface area contributed by atoms with E-state index >= 15 is 0 Å². The van der Waals surface area contributed by atoms with Crippen LogP contribution in [0.1, 0.15) is 33.6 Å². The fourth-order valence-electron chi connectivity index (χ4n) is 3.60. The van der Waals surface area contributed by atoms with E-state index in [9.17, 15) is 9.59 Å². The summed E-state index contributed by atoms with van der Waals surface area (Å²) < 4.78 is 0. The second-order valence-electron chi connectivity index (χ2n) is 6.09. The molecule has 0 bridgehead atoms. The summed E-state index contributed by atoms with van der Waals surface area (Å²) in [5, 5.41) is 0. The van der Waals surface area contributed by atoms with Crippen molar-refractivity contribution in [1.29, 1.82) is 0 Å². The first kappa shape index (κ1) is 14.0. The zero-order valence-electron chi connectivity index (χ0n) is 12.8. The van der Waals surface area contributed by atoms with Crippen molar-refractivity contribution in [2.45, 2.75) is 18.9 Å². The minimum absolute atomic E-state index is 0.162. The number of carbonyl (C=O) groups excluding carboxylic acids is 2. The van der Waals surface area contributed by atoms with E-state index in [0.717, 1.165) is 25.1 Å². The highest BCUT2D eigenvalue weighted by atomic mass is 16.2. The van der Waals surface area contributed by atoms with Crippen molar-refractivity contribution >= 4 is 17.5 Å². The molecule has 116 valence electrons. The summed E-state index contributed by atoms with van der Waals surface area (Å²) in [6, 6.07) is 17.5. The largest absolute Gasteiger partial charge is 0.367 e. The van der Waals surface area contributed by atoms with Gasteiger partial charge in [0.05, 0.1) is 11.1 Å². The molecular formula is C19H18N2O2. The highest BCUT2D eigenvalue weighted by Crippen LogP contribution is 2.29. The van der Waals surface area contributed by atoms with Crippen LogP contribution in [0.15, 0.2) is 54.6 Å². The lowest BCUT2D eigenvalue weighted by Gasteiger charge is -2.29. The van der Waals surface area contributed by atoms with Crippen molar-refractivity contribution in [3.05, 3.63) is 65.7 Å². The van der Waals surface area contributed by atoms with Gasteiger partial charge in [0.15, 0.2) is 0 Å². The normalized spacial score (nSPS) is 20.3. The van der Waals surface area contributed by atoms with Crippen LogP contribution in [-0.2, 0) is 0 Å². The summed E-state index contributed by atoms with van der Waals surface area (Å²) in [6.45, 7) is 1.43. The van der Waals surface area contributed by atoms with Crippen molar-refractivity contribution < 1.29 is 9.59 Å². The Kier molecular flexibility index (Phi) is 3.37. The molecule has 0 radical (unpaired) electrons. The lowest BCUT2D eigenvalue weighted by molar-refractivity contribution is 0.0645. The molecule has 1 fully saturated rings. The predicted molar refractivity (Wildman–Crippen MR) is 88.6 cm³/mol. The average molecular weight is 306 g/mol. The Bertz CT molecular complexity index is 722. The van der Waals surface area contributed by atoms with Crippen LogP contribution in [0.5, 0.6) is 0 Å². The third kappa shape index (κ3) is 2.31. The van der Waals surface area contributed by atoms with E-state index in [1.807, 2.05) is 18.2 Å². The van der Waals surface area contributed by atoms with Crippen molar-refractivity contribution in [3.8, 4) is 0 Å². The Morgan fingerprint density at radius 2 is 1.48 bits per heavy atom. The monoisotopic (exact) mass is 306 g/mol. The lowest BCUT2D eigenvalue weighted by atomic mass is 10.1. The molecule has 2 aromatic rings. The fourth-order valence-corrected chi connectivity index (χ4v) is 3.60. The van der Waals surface area contributed by atoms with Crippen LogP contribution in [0.3, 0.4) is 0 Å². The predicted octanol–water partition coefficient (Wildman–Crippen LogP) is 2.95. The van der Waals surface area contributed by atoms with E-state index < -0.39 is 0 Å². The van der Waals surface area contributed by atoms with E-state index in [0.29, 0.717) is 17.7 Å². The van der Waals surface area contributed by atoms with Crippen molar-refractivity contribution in [2.75, 3.05) is 18.0 Å². The minimum Gasteiger partial charge on any atom is -0.367 e. The number of anilines is 1. The van der Waals surface area contributed by atoms with Gasteiger partial charge in [-0.2, -0.15) is 0 Å². The van der Waals surface area contributed by atoms with Crippen LogP contribution in [0.25, 0.3) is 0 Å². The molecule has 1 atom stereocenters. The fraction of sp³-hybridized carbons (Fsp3) is 0.263. The van der Waals surface area contributed by atoms with Crippen LogP contribution >= 0.6 is 0 Å². The van der Waals surface area contributed by atoms with Gasteiger partial charge in [0, 0.05) is 24.8 Å². The van der Waals surface area contributed by atoms with E-state index in [1.165, 1.54) is 4.90 Å². The Balaban J connectivity index is 1.57. The molecule has 2 amide bonds. The second-order valence-corrected chi connectivity index (χ2v) is 6.09. The molecule has 2 aliphatic rings. The molecule has 0 spiro atoms. The number of fused-ring (bicyclic) bond motifs is 1. The summed E-state index contributed by atoms with van der Waals surface area (Å²) in [5.41, 5.74) is 2.22. The van der Waals surface area contributed by atoms with Crippen LogP contribution in [-0.4, -0.2) is 35.8 Å². The molecular weight excluding hydrogens is 288 g/mol. The first-order valence-electron chi connectivity index (χ1n) is 8.02. The first-order chi connectivity index (χ1) is 11.3. The van der Waals surface area contributed by atoms with E-state index in [1.54, 1.807) is 24.3 Å². The Labute approximate surface area is 135 Å².